The van der Waals surface area contributed by atoms with Gasteiger partial charge in [0.15, 0.2) is 0 Å². The van der Waals surface area contributed by atoms with E-state index in [-0.39, 0.29) is 215 Å². The van der Waals surface area contributed by atoms with Gasteiger partial charge in [0.1, 0.15) is 0 Å². The zero-order valence-corrected chi connectivity index (χ0v) is 63.9. The molecule has 0 aliphatic carbocycles. The van der Waals surface area contributed by atoms with Crippen molar-refractivity contribution in [2.75, 3.05) is 0 Å². The molecule has 20 nitrogen and oxygen atoms in total. The van der Waals surface area contributed by atoms with Crippen molar-refractivity contribution in [3.8, 4) is 0 Å². The molecule has 4 saturated heterocycles. The first kappa shape index (κ1) is 161. The molecule has 4 fully saturated rings. The van der Waals surface area contributed by atoms with Gasteiger partial charge in [0, 0.05) is 0 Å². The van der Waals surface area contributed by atoms with Crippen molar-refractivity contribution >= 4 is 160 Å². The van der Waals surface area contributed by atoms with Crippen LogP contribution in [-0.4, -0.2) is 160 Å². The summed E-state index contributed by atoms with van der Waals surface area (Å²) in [5, 5.41) is 0. The van der Waals surface area contributed by atoms with Crippen LogP contribution in [-0.2, 0) is 156 Å². The molecule has 0 saturated carbocycles. The van der Waals surface area contributed by atoms with Gasteiger partial charge in [-0.1, -0.05) is 0 Å². The Bertz CT molecular complexity index is 284. The molecule has 4 radical (unpaired) electrons. The molecule has 0 N–H and O–H groups in total. The van der Waals surface area contributed by atoms with Gasteiger partial charge in [0.05, 0.1) is 0 Å². The first-order valence-electron chi connectivity index (χ1n) is 9.24. The van der Waals surface area contributed by atoms with Gasteiger partial charge in [0.25, 0.3) is 160 Å². The first-order valence-corrected chi connectivity index (χ1v) is 27.7. The average molecular weight is 1270 g/mol. The predicted octanol–water partition coefficient (Wildman–Crippen LogP) is -8.58. The Morgan fingerprint density at radius 3 is 0.214 bits per heavy atom. The standard InChI is InChI=1S/16CH3.4Fe.4H8O4Si4.4O/c;;;;;;;;;;;;;;;;;;;;4*1-5-2-7-4-8-3-6-1;;;;/h16*1H3;;;;;4*5-8H2;;;;/q16*-1;4*+3;;;;;4*-2/p+4. The molecule has 4 rings (SSSR count). The van der Waals surface area contributed by atoms with Crippen LogP contribution < -0.4 is 0 Å². The van der Waals surface area contributed by atoms with Crippen LogP contribution in [0.1, 0.15) is 5.71 Å². The van der Waals surface area contributed by atoms with E-state index in [0.717, 1.165) is 0 Å². The van der Waals surface area contributed by atoms with Crippen LogP contribution in [0.4, 0.5) is 0 Å². The van der Waals surface area contributed by atoms with E-state index < -0.39 is 160 Å². The predicted molar refractivity (Wildman–Crippen MR) is 264 cm³/mol. The second kappa shape index (κ2) is 153. The molecule has 0 unspecified atom stereocenters. The summed E-state index contributed by atoms with van der Waals surface area (Å²) < 4.78 is 81.6. The molecular weight excluding hydrogens is 1180 g/mol. The minimum absolute atomic E-state index is 0. The smallest absolute Gasteiger partial charge is 2.00 e. The molecule has 0 amide bonds. The quantitative estimate of drug-likeness (QED) is 0.161. The van der Waals surface area contributed by atoms with Crippen molar-refractivity contribution in [3.63, 3.8) is 0 Å². The summed E-state index contributed by atoms with van der Waals surface area (Å²) in [5.41, 5.74) is 0. The minimum atomic E-state index is -0.653. The molecule has 0 bridgehead atoms. The second-order valence-electron chi connectivity index (χ2n) is 5.15. The molecule has 4 heterocycles. The van der Waals surface area contributed by atoms with E-state index in [9.17, 15) is 0 Å². The van der Waals surface area contributed by atoms with Crippen LogP contribution in [0.2, 0.25) is 0 Å². The third kappa shape index (κ3) is 145. The largest absolute Gasteiger partial charge is 3.00 e. The molecular formula is C16H84Fe4O20Si16-8. The summed E-state index contributed by atoms with van der Waals surface area (Å²) in [7, 11) is -10.4. The van der Waals surface area contributed by atoms with E-state index >= 15 is 0 Å². The molecule has 40 heteroatoms. The van der Waals surface area contributed by atoms with Gasteiger partial charge in [-0.05, 0) is 0 Å². The maximum Gasteiger partial charge on any atom is 3.00 e. The molecule has 4 aliphatic rings. The topological polar surface area (TPSA) is 262 Å². The third-order valence-corrected chi connectivity index (χ3v) is 24.0. The zero-order valence-electron chi connectivity index (χ0n) is 40.9. The molecule has 4 aliphatic heterocycles. The van der Waals surface area contributed by atoms with Gasteiger partial charge >= 0.3 is 74.0 Å². The van der Waals surface area contributed by atoms with Crippen molar-refractivity contribution in [3.05, 3.63) is 119 Å². The van der Waals surface area contributed by atoms with E-state index in [1.54, 1.807) is 0 Å². The zero-order chi connectivity index (χ0) is 22.6. The summed E-state index contributed by atoms with van der Waals surface area (Å²) in [6.07, 6.45) is 0. The molecule has 0 atom stereocenters. The number of hydrogen-bond donors (Lipinski definition) is 0. The summed E-state index contributed by atoms with van der Waals surface area (Å²) in [6, 6.07) is 0. The normalized spacial score (nSPS) is 20.6. The van der Waals surface area contributed by atoms with Crippen molar-refractivity contribution in [2.45, 2.75) is 0 Å². The fraction of sp³-hybridized carbons (Fsp3) is 0. The van der Waals surface area contributed by atoms with Crippen LogP contribution in [0.3, 0.4) is 0 Å². The SMILES string of the molecule is O1[SiH2]O[SiH2]O[SiH2]O[SiH2]1.O1[SiH2]O[SiH2]O[SiH2]O[SiH2]1.O1[SiH2]O[SiH2]O[SiH2]O[SiH2]1.O1[SiH2]O[SiH2]O[SiH2]O[SiH2]1.[CH3-].[CH3-].[CH3-].[CH3-].[CH3-].[CH3-].[CH3-].[CH3-].[CH3-].[CH3-].[CH3-].[CH3-].[CH3-].[CH3-].[CH3-].[CH3-].[Fe+3].[Fe+3].[Fe+3].[Fe+3].[H+].[H+].[H+].[H+].[O-2].[O-2].[O-2].[O-2]. The van der Waals surface area contributed by atoms with Crippen LogP contribution >= 0.6 is 0 Å². The van der Waals surface area contributed by atoms with Crippen LogP contribution in [0.25, 0.3) is 0 Å². The summed E-state index contributed by atoms with van der Waals surface area (Å²) in [4.78, 5) is 0. The van der Waals surface area contributed by atoms with Crippen LogP contribution in [0.15, 0.2) is 0 Å². The Morgan fingerprint density at radius 1 is 0.143 bits per heavy atom. The maximum atomic E-state index is 5.10. The Morgan fingerprint density at radius 2 is 0.179 bits per heavy atom. The summed E-state index contributed by atoms with van der Waals surface area (Å²) in [6.45, 7) is 0. The Kier molecular flexibility index (Phi) is 438. The van der Waals surface area contributed by atoms with Crippen molar-refractivity contribution in [1.29, 1.82) is 0 Å². The van der Waals surface area contributed by atoms with Crippen molar-refractivity contribution in [2.24, 2.45) is 0 Å². The molecule has 56 heavy (non-hydrogen) atoms. The fourth-order valence-electron chi connectivity index (χ4n) is 1.49. The summed E-state index contributed by atoms with van der Waals surface area (Å²) in [5.74, 6) is 0. The average Bonchev–Trinajstić information content (AvgIpc) is 2.67. The monoisotopic (exact) mass is 1270 g/mol. The number of rotatable bonds is 0. The van der Waals surface area contributed by atoms with E-state index in [2.05, 4.69) is 0 Å². The number of hydrogen-bond acceptors (Lipinski definition) is 16. The van der Waals surface area contributed by atoms with Gasteiger partial charge in [-0.3, -0.25) is 0 Å². The van der Waals surface area contributed by atoms with Gasteiger partial charge in [0.2, 0.25) is 0 Å². The van der Waals surface area contributed by atoms with Gasteiger partial charge in [-0.2, -0.15) is 0 Å². The van der Waals surface area contributed by atoms with E-state index in [1.807, 2.05) is 0 Å². The Balaban J connectivity index is -0.00000000757. The molecule has 0 aromatic rings. The first-order chi connectivity index (χ1) is 16.0. The van der Waals surface area contributed by atoms with E-state index in [0.29, 0.717) is 0 Å². The summed E-state index contributed by atoms with van der Waals surface area (Å²) >= 11 is 0. The fourth-order valence-corrected chi connectivity index (χ4v) is 30.4. The van der Waals surface area contributed by atoms with Gasteiger partial charge < -0.3 is 207 Å². The van der Waals surface area contributed by atoms with Crippen molar-refractivity contribution in [1.82, 2.24) is 0 Å². The Labute approximate surface area is 436 Å². The molecule has 0 spiro atoms. The van der Waals surface area contributed by atoms with E-state index in [4.69, 9.17) is 65.8 Å². The van der Waals surface area contributed by atoms with Crippen molar-refractivity contribution < 1.29 is 162 Å². The molecule has 0 aromatic carbocycles. The minimum Gasteiger partial charge on any atom is -2.00 e. The van der Waals surface area contributed by atoms with Gasteiger partial charge in [-0.15, -0.1) is 0 Å². The molecule has 372 valence electrons. The maximum absolute atomic E-state index is 5.10. The Hall–Kier alpha value is 4.75. The van der Waals surface area contributed by atoms with Crippen LogP contribution in [0, 0.1) is 119 Å². The molecule has 0 aromatic heterocycles. The second-order valence-corrected chi connectivity index (χ2v) is 35.1. The third-order valence-electron chi connectivity index (χ3n) is 2.67. The van der Waals surface area contributed by atoms with E-state index in [1.165, 1.54) is 0 Å². The van der Waals surface area contributed by atoms with Gasteiger partial charge in [-0.25, -0.2) is 0 Å². The van der Waals surface area contributed by atoms with Crippen LogP contribution in [0.5, 0.6) is 0 Å².